The number of halogens is 4. The van der Waals surface area contributed by atoms with Crippen molar-refractivity contribution in [3.63, 3.8) is 0 Å². The lowest BCUT2D eigenvalue weighted by Crippen LogP contribution is -2.46. The molecule has 4 rings (SSSR count). The van der Waals surface area contributed by atoms with Gasteiger partial charge in [0.1, 0.15) is 5.69 Å². The van der Waals surface area contributed by atoms with Gasteiger partial charge in [-0.15, -0.1) is 0 Å². The van der Waals surface area contributed by atoms with Crippen LogP contribution in [0.25, 0.3) is 22.2 Å². The molecule has 7 nitrogen and oxygen atoms in total. The van der Waals surface area contributed by atoms with Gasteiger partial charge in [0.05, 0.1) is 12.6 Å². The number of rotatable bonds is 5. The number of esters is 1. The average Bonchev–Trinajstić information content (AvgIpc) is 3.14. The van der Waals surface area contributed by atoms with E-state index in [1.54, 1.807) is 12.1 Å². The van der Waals surface area contributed by atoms with Gasteiger partial charge in [-0.3, -0.25) is 4.57 Å². The van der Waals surface area contributed by atoms with Crippen molar-refractivity contribution >= 4 is 28.7 Å². The number of carbonyl (C=O) groups is 1. The van der Waals surface area contributed by atoms with E-state index in [4.69, 9.17) is 16.0 Å². The highest BCUT2D eigenvalue weighted by Crippen LogP contribution is 2.50. The fourth-order valence-corrected chi connectivity index (χ4v) is 4.44. The Hall–Kier alpha value is -3.63. The monoisotopic (exact) mass is 520 g/mol. The number of ether oxygens (including phenoxy) is 1. The van der Waals surface area contributed by atoms with Gasteiger partial charge in [-0.25, -0.2) is 14.6 Å². The summed E-state index contributed by atoms with van der Waals surface area (Å²) in [4.78, 5) is 27.4. The molecule has 2 unspecified atom stereocenters. The van der Waals surface area contributed by atoms with Crippen LogP contribution in [0, 0.1) is 0 Å². The molecule has 2 atom stereocenters. The number of carbonyl (C=O) groups excluding carboxylic acids is 1. The van der Waals surface area contributed by atoms with E-state index in [0.717, 1.165) is 16.7 Å². The molecule has 0 saturated heterocycles. The van der Waals surface area contributed by atoms with Crippen LogP contribution in [0.1, 0.15) is 34.5 Å². The highest BCUT2D eigenvalue weighted by molar-refractivity contribution is 6.31. The smallest absolute Gasteiger partial charge is 0.422 e. The Bertz CT molecular complexity index is 1510. The van der Waals surface area contributed by atoms with Crippen molar-refractivity contribution in [1.82, 2.24) is 9.55 Å². The molecule has 4 aromatic rings. The van der Waals surface area contributed by atoms with Gasteiger partial charge in [-0.1, -0.05) is 42.8 Å². The van der Waals surface area contributed by atoms with Crippen LogP contribution < -0.4 is 5.76 Å². The van der Waals surface area contributed by atoms with Crippen LogP contribution in [0.3, 0.4) is 0 Å². The van der Waals surface area contributed by atoms with E-state index in [0.29, 0.717) is 11.1 Å². The van der Waals surface area contributed by atoms with Crippen LogP contribution in [0.15, 0.2) is 63.9 Å². The predicted octanol–water partition coefficient (Wildman–Crippen LogP) is 5.19. The van der Waals surface area contributed by atoms with Crippen molar-refractivity contribution in [2.45, 2.75) is 24.6 Å². The maximum Gasteiger partial charge on any atom is 0.422 e. The molecule has 0 fully saturated rings. The third-order valence-corrected chi connectivity index (χ3v) is 6.58. The van der Waals surface area contributed by atoms with Gasteiger partial charge in [0.2, 0.25) is 0 Å². The number of methoxy groups -OCH3 is 1. The molecule has 0 aliphatic heterocycles. The minimum Gasteiger partial charge on any atom is -0.464 e. The Balaban J connectivity index is 1.76. The summed E-state index contributed by atoms with van der Waals surface area (Å²) >= 11 is 6.41. The van der Waals surface area contributed by atoms with Crippen molar-refractivity contribution < 1.29 is 32.2 Å². The third-order valence-electron chi connectivity index (χ3n) is 6.25. The second-order valence-electron chi connectivity index (χ2n) is 8.26. The Labute approximate surface area is 207 Å². The first-order valence-electron chi connectivity index (χ1n) is 10.6. The summed E-state index contributed by atoms with van der Waals surface area (Å²) in [5, 5.41) is 11.2. The van der Waals surface area contributed by atoms with Crippen molar-refractivity contribution in [2.75, 3.05) is 7.11 Å². The molecule has 36 heavy (non-hydrogen) atoms. The number of hydrogen-bond donors (Lipinski definition) is 1. The molecule has 188 valence electrons. The topological polar surface area (TPSA) is 94.6 Å². The van der Waals surface area contributed by atoms with Gasteiger partial charge >= 0.3 is 17.9 Å². The van der Waals surface area contributed by atoms with Gasteiger partial charge in [0.15, 0.2) is 11.2 Å². The third kappa shape index (κ3) is 4.16. The Morgan fingerprint density at radius 1 is 1.14 bits per heavy atom. The van der Waals surface area contributed by atoms with Crippen molar-refractivity contribution in [2.24, 2.45) is 7.05 Å². The molecule has 0 bridgehead atoms. The van der Waals surface area contributed by atoms with E-state index in [1.807, 2.05) is 0 Å². The molecule has 0 saturated carbocycles. The minimum absolute atomic E-state index is 0.00323. The average molecular weight is 521 g/mol. The number of oxazole rings is 1. The summed E-state index contributed by atoms with van der Waals surface area (Å²) in [6.07, 6.45) is -3.67. The first-order valence-corrected chi connectivity index (χ1v) is 11.0. The van der Waals surface area contributed by atoms with Crippen LogP contribution >= 0.6 is 11.6 Å². The lowest BCUT2D eigenvalue weighted by molar-refractivity contribution is -0.274. The van der Waals surface area contributed by atoms with E-state index in [1.165, 1.54) is 51.5 Å². The lowest BCUT2D eigenvalue weighted by atomic mass is 9.77. The summed E-state index contributed by atoms with van der Waals surface area (Å²) in [7, 11) is 2.59. The van der Waals surface area contributed by atoms with Gasteiger partial charge < -0.3 is 14.3 Å². The maximum absolute atomic E-state index is 14.4. The van der Waals surface area contributed by atoms with Crippen LogP contribution in [0.4, 0.5) is 13.2 Å². The van der Waals surface area contributed by atoms with Gasteiger partial charge in [-0.05, 0) is 41.0 Å². The van der Waals surface area contributed by atoms with Crippen LogP contribution in [-0.4, -0.2) is 33.9 Å². The zero-order chi connectivity index (χ0) is 26.4. The fourth-order valence-electron chi connectivity index (χ4n) is 4.10. The van der Waals surface area contributed by atoms with Gasteiger partial charge in [-0.2, -0.15) is 13.2 Å². The van der Waals surface area contributed by atoms with Crippen LogP contribution in [0.2, 0.25) is 5.02 Å². The SMILES string of the molecule is COC(=O)c1ccc(-c2ccc(C(C)C(O)(c3ccc4oc(=O)n(C)c4c3)C(F)(F)F)c(Cl)c2)cn1. The number of nitrogens with zero attached hydrogens (tertiary/aromatic N) is 2. The molecule has 2 aromatic heterocycles. The van der Waals surface area contributed by atoms with Crippen molar-refractivity contribution in [1.29, 1.82) is 0 Å². The Morgan fingerprint density at radius 2 is 1.83 bits per heavy atom. The summed E-state index contributed by atoms with van der Waals surface area (Å²) in [6.45, 7) is 1.22. The van der Waals surface area contributed by atoms with E-state index in [2.05, 4.69) is 9.72 Å². The minimum atomic E-state index is -5.08. The van der Waals surface area contributed by atoms with E-state index < -0.39 is 35.0 Å². The molecule has 0 aliphatic rings. The van der Waals surface area contributed by atoms with E-state index >= 15 is 0 Å². The summed E-state index contributed by atoms with van der Waals surface area (Å²) in [6, 6.07) is 10.8. The molecule has 1 N–H and O–H groups in total. The summed E-state index contributed by atoms with van der Waals surface area (Å²) in [5.74, 6) is -2.87. The number of benzene rings is 2. The molecular formula is C25H20ClF3N2O5. The van der Waals surface area contributed by atoms with E-state index in [9.17, 15) is 27.9 Å². The van der Waals surface area contributed by atoms with Crippen molar-refractivity contribution in [3.8, 4) is 11.1 Å². The maximum atomic E-state index is 14.4. The molecule has 2 aromatic carbocycles. The number of hydrogen-bond acceptors (Lipinski definition) is 6. The predicted molar refractivity (Wildman–Crippen MR) is 126 cm³/mol. The number of aliphatic hydroxyl groups is 1. The summed E-state index contributed by atoms with van der Waals surface area (Å²) in [5.41, 5.74) is -2.32. The fraction of sp³-hybridized carbons (Fsp3) is 0.240. The number of alkyl halides is 3. The molecule has 0 amide bonds. The van der Waals surface area contributed by atoms with Crippen LogP contribution in [0.5, 0.6) is 0 Å². The normalized spacial score (nSPS) is 14.4. The standard InChI is InChI=1S/C25H20ClF3N2O5/c1-13(17-7-4-14(10-18(17)26)15-5-8-19(30-12-15)22(32)35-3)24(34,25(27,28)29)16-6-9-21-20(11-16)31(2)23(33)36-21/h4-13,34H,1-3H3. The van der Waals surface area contributed by atoms with Crippen molar-refractivity contribution in [3.05, 3.63) is 87.1 Å². The number of fused-ring (bicyclic) bond motifs is 1. The molecule has 0 aliphatic carbocycles. The second kappa shape index (κ2) is 9.11. The molecule has 2 heterocycles. The molecule has 0 spiro atoms. The molecular weight excluding hydrogens is 501 g/mol. The molecule has 0 radical (unpaired) electrons. The Kier molecular flexibility index (Phi) is 6.44. The first-order chi connectivity index (χ1) is 16.9. The van der Waals surface area contributed by atoms with E-state index in [-0.39, 0.29) is 27.4 Å². The van der Waals surface area contributed by atoms with Gasteiger partial charge in [0, 0.05) is 29.7 Å². The number of aromatic nitrogens is 2. The lowest BCUT2D eigenvalue weighted by Gasteiger charge is -2.37. The largest absolute Gasteiger partial charge is 0.464 e. The first kappa shape index (κ1) is 25.5. The summed E-state index contributed by atoms with van der Waals surface area (Å²) < 4.78 is 53.9. The number of pyridine rings is 1. The highest BCUT2D eigenvalue weighted by atomic mass is 35.5. The number of aryl methyl sites for hydroxylation is 1. The highest BCUT2D eigenvalue weighted by Gasteiger charge is 2.59. The van der Waals surface area contributed by atoms with Crippen LogP contribution in [-0.2, 0) is 17.4 Å². The molecule has 11 heteroatoms. The second-order valence-corrected chi connectivity index (χ2v) is 8.66. The quantitative estimate of drug-likeness (QED) is 0.364. The zero-order valence-corrected chi connectivity index (χ0v) is 20.0. The van der Waals surface area contributed by atoms with Gasteiger partial charge in [0.25, 0.3) is 0 Å². The zero-order valence-electron chi connectivity index (χ0n) is 19.3. The Morgan fingerprint density at radius 3 is 2.42 bits per heavy atom.